The molecular formula is C16H12Br2N2O. The highest BCUT2D eigenvalue weighted by Gasteiger charge is 2.14. The zero-order valence-electron chi connectivity index (χ0n) is 11.3. The third-order valence-corrected chi connectivity index (χ3v) is 4.26. The van der Waals surface area contributed by atoms with Gasteiger partial charge in [0, 0.05) is 26.9 Å². The third-order valence-electron chi connectivity index (χ3n) is 3.35. The molecular weight excluding hydrogens is 396 g/mol. The monoisotopic (exact) mass is 406 g/mol. The fourth-order valence-electron chi connectivity index (χ4n) is 2.39. The standard InChI is InChI=1S/C16H12Br2N2O/c1-20-15-5-3-2-4-13(15)14(19-20)9-16(21)10-6-11(17)8-12(18)7-10/h2-8H,9H2,1H3. The molecule has 1 aromatic heterocycles. The van der Waals surface area contributed by atoms with Crippen molar-refractivity contribution in [1.29, 1.82) is 0 Å². The highest BCUT2D eigenvalue weighted by atomic mass is 79.9. The normalized spacial score (nSPS) is 11.0. The van der Waals surface area contributed by atoms with Gasteiger partial charge in [0.1, 0.15) is 0 Å². The lowest BCUT2D eigenvalue weighted by atomic mass is 10.0. The van der Waals surface area contributed by atoms with Gasteiger partial charge in [-0.15, -0.1) is 0 Å². The van der Waals surface area contributed by atoms with Gasteiger partial charge in [-0.05, 0) is 24.3 Å². The van der Waals surface area contributed by atoms with Crippen molar-refractivity contribution in [2.45, 2.75) is 6.42 Å². The lowest BCUT2D eigenvalue weighted by Gasteiger charge is -2.02. The van der Waals surface area contributed by atoms with Gasteiger partial charge >= 0.3 is 0 Å². The van der Waals surface area contributed by atoms with Crippen molar-refractivity contribution in [1.82, 2.24) is 9.78 Å². The molecule has 0 aliphatic rings. The van der Waals surface area contributed by atoms with Crippen LogP contribution >= 0.6 is 31.9 Å². The van der Waals surface area contributed by atoms with Gasteiger partial charge in [-0.1, -0.05) is 50.1 Å². The van der Waals surface area contributed by atoms with Crippen molar-refractivity contribution in [3.63, 3.8) is 0 Å². The van der Waals surface area contributed by atoms with Crippen LogP contribution in [0.25, 0.3) is 10.9 Å². The number of para-hydroxylation sites is 1. The minimum Gasteiger partial charge on any atom is -0.294 e. The summed E-state index contributed by atoms with van der Waals surface area (Å²) >= 11 is 6.82. The van der Waals surface area contributed by atoms with Crippen molar-refractivity contribution in [3.05, 3.63) is 62.7 Å². The third kappa shape index (κ3) is 2.94. The predicted molar refractivity (Wildman–Crippen MR) is 90.6 cm³/mol. The molecule has 1 heterocycles. The van der Waals surface area contributed by atoms with Crippen LogP contribution in [0.15, 0.2) is 51.4 Å². The van der Waals surface area contributed by atoms with Crippen LogP contribution < -0.4 is 0 Å². The van der Waals surface area contributed by atoms with Crippen molar-refractivity contribution in [2.24, 2.45) is 7.05 Å². The van der Waals surface area contributed by atoms with Gasteiger partial charge in [0.05, 0.1) is 17.6 Å². The number of aryl methyl sites for hydroxylation is 1. The summed E-state index contributed by atoms with van der Waals surface area (Å²) in [4.78, 5) is 12.5. The molecule has 0 bridgehead atoms. The Kier molecular flexibility index (Phi) is 3.95. The van der Waals surface area contributed by atoms with Crippen LogP contribution in [0.2, 0.25) is 0 Å². The number of hydrogen-bond acceptors (Lipinski definition) is 2. The van der Waals surface area contributed by atoms with Gasteiger partial charge in [-0.3, -0.25) is 9.48 Å². The molecule has 0 fully saturated rings. The number of hydrogen-bond donors (Lipinski definition) is 0. The molecule has 3 aromatic rings. The molecule has 0 aliphatic heterocycles. The molecule has 2 aromatic carbocycles. The highest BCUT2D eigenvalue weighted by Crippen LogP contribution is 2.23. The van der Waals surface area contributed by atoms with E-state index in [9.17, 15) is 4.79 Å². The summed E-state index contributed by atoms with van der Waals surface area (Å²) in [7, 11) is 1.89. The second kappa shape index (κ2) is 5.73. The van der Waals surface area contributed by atoms with E-state index in [-0.39, 0.29) is 5.78 Å². The molecule has 0 aliphatic carbocycles. The van der Waals surface area contributed by atoms with E-state index in [0.717, 1.165) is 25.5 Å². The Morgan fingerprint density at radius 3 is 2.52 bits per heavy atom. The quantitative estimate of drug-likeness (QED) is 0.598. The summed E-state index contributed by atoms with van der Waals surface area (Å²) < 4.78 is 3.58. The molecule has 3 nitrogen and oxygen atoms in total. The molecule has 0 radical (unpaired) electrons. The van der Waals surface area contributed by atoms with Crippen LogP contribution in [0, 0.1) is 0 Å². The SMILES string of the molecule is Cn1nc(CC(=O)c2cc(Br)cc(Br)c2)c2ccccc21. The van der Waals surface area contributed by atoms with E-state index in [2.05, 4.69) is 37.0 Å². The maximum atomic E-state index is 12.5. The second-order valence-corrected chi connectivity index (χ2v) is 6.68. The molecule has 0 spiro atoms. The lowest BCUT2D eigenvalue weighted by molar-refractivity contribution is 0.0992. The van der Waals surface area contributed by atoms with Gasteiger partial charge in [0.2, 0.25) is 0 Å². The van der Waals surface area contributed by atoms with Gasteiger partial charge < -0.3 is 0 Å². The Morgan fingerprint density at radius 1 is 1.14 bits per heavy atom. The van der Waals surface area contributed by atoms with Gasteiger partial charge in [-0.25, -0.2) is 0 Å². The van der Waals surface area contributed by atoms with Gasteiger partial charge in [-0.2, -0.15) is 5.10 Å². The number of carbonyl (C=O) groups excluding carboxylic acids is 1. The first-order valence-corrected chi connectivity index (χ1v) is 8.03. The van der Waals surface area contributed by atoms with Crippen LogP contribution in [0.3, 0.4) is 0 Å². The molecule has 0 unspecified atom stereocenters. The van der Waals surface area contributed by atoms with Crippen molar-refractivity contribution < 1.29 is 4.79 Å². The number of carbonyl (C=O) groups is 1. The van der Waals surface area contributed by atoms with Crippen LogP contribution in [0.1, 0.15) is 16.1 Å². The maximum absolute atomic E-state index is 12.5. The van der Waals surface area contributed by atoms with E-state index in [1.54, 1.807) is 0 Å². The summed E-state index contributed by atoms with van der Waals surface area (Å²) in [6.07, 6.45) is 0.296. The summed E-state index contributed by atoms with van der Waals surface area (Å²) in [5, 5.41) is 5.50. The van der Waals surface area contributed by atoms with Gasteiger partial charge in [0.25, 0.3) is 0 Å². The Hall–Kier alpha value is -1.46. The van der Waals surface area contributed by atoms with E-state index in [1.807, 2.05) is 54.2 Å². The zero-order chi connectivity index (χ0) is 15.0. The maximum Gasteiger partial charge on any atom is 0.168 e. The average Bonchev–Trinajstić information content (AvgIpc) is 2.75. The van der Waals surface area contributed by atoms with Gasteiger partial charge in [0.15, 0.2) is 5.78 Å². The largest absolute Gasteiger partial charge is 0.294 e. The second-order valence-electron chi connectivity index (χ2n) is 4.85. The first-order valence-electron chi connectivity index (χ1n) is 6.44. The molecule has 106 valence electrons. The van der Waals surface area contributed by atoms with Crippen LogP contribution in [0.5, 0.6) is 0 Å². The van der Waals surface area contributed by atoms with E-state index in [1.165, 1.54) is 0 Å². The first-order chi connectivity index (χ1) is 10.0. The number of Topliss-reactive ketones (excluding diaryl/α,β-unsaturated/α-hetero) is 1. The average molecular weight is 408 g/mol. The number of fused-ring (bicyclic) bond motifs is 1. The Morgan fingerprint density at radius 2 is 1.81 bits per heavy atom. The van der Waals surface area contributed by atoms with Crippen LogP contribution in [-0.4, -0.2) is 15.6 Å². The highest BCUT2D eigenvalue weighted by molar-refractivity contribution is 9.11. The zero-order valence-corrected chi connectivity index (χ0v) is 14.5. The van der Waals surface area contributed by atoms with E-state index in [4.69, 9.17) is 0 Å². The van der Waals surface area contributed by atoms with E-state index in [0.29, 0.717) is 12.0 Å². The van der Waals surface area contributed by atoms with Crippen molar-refractivity contribution in [3.8, 4) is 0 Å². The molecule has 0 saturated carbocycles. The molecule has 0 N–H and O–H groups in total. The van der Waals surface area contributed by atoms with Crippen LogP contribution in [0.4, 0.5) is 0 Å². The molecule has 0 amide bonds. The number of rotatable bonds is 3. The Labute approximate surface area is 139 Å². The molecule has 3 rings (SSSR count). The predicted octanol–water partition coefficient (Wildman–Crippen LogP) is 4.52. The van der Waals surface area contributed by atoms with Crippen molar-refractivity contribution >= 4 is 48.5 Å². The Bertz CT molecular complexity index is 819. The fourth-order valence-corrected chi connectivity index (χ4v) is 3.68. The summed E-state index contributed by atoms with van der Waals surface area (Å²) in [5.41, 5.74) is 2.52. The van der Waals surface area contributed by atoms with E-state index < -0.39 is 0 Å². The molecule has 0 saturated heterocycles. The smallest absolute Gasteiger partial charge is 0.168 e. The minimum atomic E-state index is 0.0563. The Balaban J connectivity index is 1.96. The number of nitrogens with zero attached hydrogens (tertiary/aromatic N) is 2. The topological polar surface area (TPSA) is 34.9 Å². The van der Waals surface area contributed by atoms with Crippen LogP contribution in [-0.2, 0) is 13.5 Å². The molecule has 21 heavy (non-hydrogen) atoms. The van der Waals surface area contributed by atoms with E-state index >= 15 is 0 Å². The van der Waals surface area contributed by atoms with Crippen molar-refractivity contribution in [2.75, 3.05) is 0 Å². The number of benzene rings is 2. The summed E-state index contributed by atoms with van der Waals surface area (Å²) in [6, 6.07) is 13.5. The summed E-state index contributed by atoms with van der Waals surface area (Å²) in [6.45, 7) is 0. The number of ketones is 1. The number of aromatic nitrogens is 2. The number of halogens is 2. The minimum absolute atomic E-state index is 0.0563. The molecule has 0 atom stereocenters. The summed E-state index contributed by atoms with van der Waals surface area (Å²) in [5.74, 6) is 0.0563. The fraction of sp³-hybridized carbons (Fsp3) is 0.125. The first kappa shape index (κ1) is 14.5. The molecule has 5 heteroatoms. The lowest BCUT2D eigenvalue weighted by Crippen LogP contribution is -2.05.